The number of ketones is 1. The van der Waals surface area contributed by atoms with Gasteiger partial charge in [-0.05, 0) is 41.0 Å². The summed E-state index contributed by atoms with van der Waals surface area (Å²) < 4.78 is 4.93. The van der Waals surface area contributed by atoms with Crippen molar-refractivity contribution in [3.8, 4) is 0 Å². The minimum Gasteiger partial charge on any atom is -0.465 e. The van der Waals surface area contributed by atoms with Crippen molar-refractivity contribution >= 4 is 11.8 Å². The van der Waals surface area contributed by atoms with Crippen molar-refractivity contribution in [1.82, 2.24) is 0 Å². The second kappa shape index (κ2) is 5.69. The molecule has 0 heterocycles. The van der Waals surface area contributed by atoms with E-state index in [0.717, 1.165) is 5.57 Å². The molecule has 0 fully saturated rings. The first-order chi connectivity index (χ1) is 6.88. The molecule has 0 N–H and O–H groups in total. The van der Waals surface area contributed by atoms with E-state index >= 15 is 0 Å². The lowest BCUT2D eigenvalue weighted by atomic mass is 9.80. The molecule has 0 aromatic rings. The minimum absolute atomic E-state index is 0.151. The molecule has 0 aromatic heterocycles. The van der Waals surface area contributed by atoms with E-state index in [1.807, 2.05) is 19.9 Å². The minimum atomic E-state index is -1.04. The van der Waals surface area contributed by atoms with Crippen LogP contribution in [-0.4, -0.2) is 18.4 Å². The monoisotopic (exact) mass is 212 g/mol. The molecular formula is C12H20O3. The molecule has 0 aromatic carbocycles. The number of esters is 1. The van der Waals surface area contributed by atoms with Gasteiger partial charge in [-0.25, -0.2) is 0 Å². The van der Waals surface area contributed by atoms with Crippen LogP contribution >= 0.6 is 0 Å². The maximum atomic E-state index is 11.7. The van der Waals surface area contributed by atoms with Gasteiger partial charge in [0.1, 0.15) is 11.2 Å². The van der Waals surface area contributed by atoms with Gasteiger partial charge in [-0.15, -0.1) is 0 Å². The molecule has 86 valence electrons. The number of carbonyl (C=O) groups excluding carboxylic acids is 2. The van der Waals surface area contributed by atoms with Gasteiger partial charge in [-0.3, -0.25) is 9.59 Å². The largest absolute Gasteiger partial charge is 0.465 e. The van der Waals surface area contributed by atoms with Crippen molar-refractivity contribution in [3.05, 3.63) is 11.6 Å². The number of allylic oxidation sites excluding steroid dienone is 2. The van der Waals surface area contributed by atoms with E-state index in [0.29, 0.717) is 13.0 Å². The van der Waals surface area contributed by atoms with Crippen LogP contribution < -0.4 is 0 Å². The summed E-state index contributed by atoms with van der Waals surface area (Å²) in [7, 11) is 0. The van der Waals surface area contributed by atoms with Gasteiger partial charge in [-0.2, -0.15) is 0 Å². The van der Waals surface area contributed by atoms with Crippen molar-refractivity contribution in [3.63, 3.8) is 0 Å². The van der Waals surface area contributed by atoms with Crippen LogP contribution in [0.1, 0.15) is 41.0 Å². The molecule has 0 saturated carbocycles. The van der Waals surface area contributed by atoms with E-state index in [2.05, 4.69) is 0 Å². The fourth-order valence-electron chi connectivity index (χ4n) is 1.29. The Kier molecular flexibility index (Phi) is 5.26. The third-order valence-corrected chi connectivity index (χ3v) is 2.63. The van der Waals surface area contributed by atoms with Crippen LogP contribution in [0.2, 0.25) is 0 Å². The Morgan fingerprint density at radius 1 is 1.33 bits per heavy atom. The average molecular weight is 212 g/mol. The van der Waals surface area contributed by atoms with Crippen LogP contribution in [-0.2, 0) is 14.3 Å². The Hall–Kier alpha value is -1.12. The maximum absolute atomic E-state index is 11.7. The Bertz CT molecular complexity index is 279. The summed E-state index contributed by atoms with van der Waals surface area (Å²) >= 11 is 0. The van der Waals surface area contributed by atoms with Crippen LogP contribution in [0, 0.1) is 5.41 Å². The summed E-state index contributed by atoms with van der Waals surface area (Å²) in [4.78, 5) is 23.2. The topological polar surface area (TPSA) is 43.4 Å². The molecular weight excluding hydrogens is 192 g/mol. The Balaban J connectivity index is 4.90. The number of hydrogen-bond donors (Lipinski definition) is 0. The number of carbonyl (C=O) groups is 2. The summed E-state index contributed by atoms with van der Waals surface area (Å²) in [5.41, 5.74) is -0.0205. The van der Waals surface area contributed by atoms with Crippen LogP contribution in [0.3, 0.4) is 0 Å². The molecule has 0 aliphatic heterocycles. The fraction of sp³-hybridized carbons (Fsp3) is 0.667. The predicted octanol–water partition coefficient (Wildman–Crippen LogP) is 2.50. The summed E-state index contributed by atoms with van der Waals surface area (Å²) in [6, 6.07) is 0. The highest BCUT2D eigenvalue weighted by molar-refractivity contribution is 6.02. The fourth-order valence-corrected chi connectivity index (χ4v) is 1.29. The molecule has 0 spiro atoms. The molecule has 0 amide bonds. The van der Waals surface area contributed by atoms with Gasteiger partial charge in [0.05, 0.1) is 6.61 Å². The maximum Gasteiger partial charge on any atom is 0.319 e. The van der Waals surface area contributed by atoms with Crippen LogP contribution in [0.4, 0.5) is 0 Å². The molecule has 1 unspecified atom stereocenters. The van der Waals surface area contributed by atoms with Gasteiger partial charge >= 0.3 is 5.97 Å². The second-order valence-corrected chi connectivity index (χ2v) is 3.92. The molecule has 0 aliphatic carbocycles. The molecule has 0 saturated heterocycles. The average Bonchev–Trinajstić information content (AvgIpc) is 2.17. The van der Waals surface area contributed by atoms with Gasteiger partial charge in [-0.1, -0.05) is 11.6 Å². The Morgan fingerprint density at radius 3 is 2.20 bits per heavy atom. The smallest absolute Gasteiger partial charge is 0.319 e. The summed E-state index contributed by atoms with van der Waals surface area (Å²) in [6.45, 7) is 8.90. The molecule has 0 rings (SSSR count). The van der Waals surface area contributed by atoms with Crippen molar-refractivity contribution in [2.24, 2.45) is 5.41 Å². The standard InChI is InChI=1S/C12H20O3/c1-6-9(3)8-12(5,10(4)13)11(14)15-7-2/h6H,7-8H2,1-5H3/b9-6+. The van der Waals surface area contributed by atoms with Gasteiger partial charge in [0.15, 0.2) is 0 Å². The first-order valence-electron chi connectivity index (χ1n) is 5.18. The van der Waals surface area contributed by atoms with E-state index < -0.39 is 11.4 Å². The molecule has 0 aliphatic rings. The number of Topliss-reactive ketones (excluding diaryl/α,β-unsaturated/α-hetero) is 1. The highest BCUT2D eigenvalue weighted by atomic mass is 16.5. The van der Waals surface area contributed by atoms with Crippen molar-refractivity contribution < 1.29 is 14.3 Å². The quantitative estimate of drug-likeness (QED) is 0.399. The van der Waals surface area contributed by atoms with E-state index in [1.165, 1.54) is 6.92 Å². The summed E-state index contributed by atoms with van der Waals surface area (Å²) in [5, 5.41) is 0. The zero-order valence-electron chi connectivity index (χ0n) is 10.2. The van der Waals surface area contributed by atoms with Crippen LogP contribution in [0.5, 0.6) is 0 Å². The van der Waals surface area contributed by atoms with E-state index in [9.17, 15) is 9.59 Å². The van der Waals surface area contributed by atoms with Crippen LogP contribution in [0.15, 0.2) is 11.6 Å². The molecule has 15 heavy (non-hydrogen) atoms. The third kappa shape index (κ3) is 3.50. The van der Waals surface area contributed by atoms with Gasteiger partial charge < -0.3 is 4.74 Å². The summed E-state index contributed by atoms with van der Waals surface area (Å²) in [5.74, 6) is -0.583. The third-order valence-electron chi connectivity index (χ3n) is 2.63. The Morgan fingerprint density at radius 2 is 1.87 bits per heavy atom. The predicted molar refractivity (Wildman–Crippen MR) is 59.5 cm³/mol. The lowest BCUT2D eigenvalue weighted by Crippen LogP contribution is -2.36. The van der Waals surface area contributed by atoms with E-state index in [4.69, 9.17) is 4.74 Å². The highest BCUT2D eigenvalue weighted by Gasteiger charge is 2.39. The number of hydrogen-bond acceptors (Lipinski definition) is 3. The Labute approximate surface area is 91.5 Å². The van der Waals surface area contributed by atoms with Gasteiger partial charge in [0, 0.05) is 0 Å². The zero-order valence-corrected chi connectivity index (χ0v) is 10.2. The summed E-state index contributed by atoms with van der Waals surface area (Å²) in [6.07, 6.45) is 2.33. The molecule has 0 bridgehead atoms. The normalized spacial score (nSPS) is 15.7. The lowest BCUT2D eigenvalue weighted by molar-refractivity contribution is -0.158. The SMILES string of the molecule is C/C=C(\C)CC(C)(C(C)=O)C(=O)OCC. The highest BCUT2D eigenvalue weighted by Crippen LogP contribution is 2.28. The van der Waals surface area contributed by atoms with Gasteiger partial charge in [0.2, 0.25) is 0 Å². The number of rotatable bonds is 5. The first-order valence-corrected chi connectivity index (χ1v) is 5.18. The number of ether oxygens (including phenoxy) is 1. The second-order valence-electron chi connectivity index (χ2n) is 3.92. The zero-order chi connectivity index (χ0) is 12.1. The molecule has 1 atom stereocenters. The first kappa shape index (κ1) is 13.9. The molecule has 3 nitrogen and oxygen atoms in total. The molecule has 3 heteroatoms. The van der Waals surface area contributed by atoms with E-state index in [-0.39, 0.29) is 5.78 Å². The van der Waals surface area contributed by atoms with Crippen molar-refractivity contribution in [1.29, 1.82) is 0 Å². The van der Waals surface area contributed by atoms with Crippen LogP contribution in [0.25, 0.3) is 0 Å². The lowest BCUT2D eigenvalue weighted by Gasteiger charge is -2.24. The van der Waals surface area contributed by atoms with Crippen molar-refractivity contribution in [2.45, 2.75) is 41.0 Å². The van der Waals surface area contributed by atoms with E-state index in [1.54, 1.807) is 13.8 Å². The van der Waals surface area contributed by atoms with Gasteiger partial charge in [0.25, 0.3) is 0 Å². The van der Waals surface area contributed by atoms with Crippen molar-refractivity contribution in [2.75, 3.05) is 6.61 Å². The molecule has 0 radical (unpaired) electrons.